The van der Waals surface area contributed by atoms with Crippen LogP contribution in [0.5, 0.6) is 0 Å². The van der Waals surface area contributed by atoms with Gasteiger partial charge in [0.15, 0.2) is 0 Å². The molecule has 3 aromatic carbocycles. The first-order valence-corrected chi connectivity index (χ1v) is 15.0. The van der Waals surface area contributed by atoms with Crippen LogP contribution in [0.25, 0.3) is 10.8 Å². The summed E-state index contributed by atoms with van der Waals surface area (Å²) in [6.45, 7) is 0. The molecule has 7 heteroatoms. The van der Waals surface area contributed by atoms with Crippen LogP contribution in [0.3, 0.4) is 0 Å². The molecule has 0 spiro atoms. The van der Waals surface area contributed by atoms with Crippen LogP contribution in [0.15, 0.2) is 84.9 Å². The molecule has 2 saturated carbocycles. The van der Waals surface area contributed by atoms with Gasteiger partial charge in [-0.05, 0) is 66.5 Å². The maximum atomic E-state index is 14.3. The van der Waals surface area contributed by atoms with Gasteiger partial charge in [-0.3, -0.25) is 14.4 Å². The molecule has 2 fully saturated rings. The Hall–Kier alpha value is -3.97. The Balaban J connectivity index is 1.40. The lowest BCUT2D eigenvalue weighted by Crippen LogP contribution is -2.56. The predicted molar refractivity (Wildman–Crippen MR) is 167 cm³/mol. The highest BCUT2D eigenvalue weighted by atomic mass is 16.2. The summed E-state index contributed by atoms with van der Waals surface area (Å²) in [6, 6.07) is 22.6. The zero-order valence-corrected chi connectivity index (χ0v) is 24.7. The summed E-state index contributed by atoms with van der Waals surface area (Å²) in [5, 5.41) is 5.27. The zero-order chi connectivity index (χ0) is 29.7. The van der Waals surface area contributed by atoms with Crippen LogP contribution in [0, 0.1) is 0 Å². The Kier molecular flexibility index (Phi) is 9.07. The topological polar surface area (TPSA) is 95.7 Å². The number of carbonyl (C=O) groups is 3. The summed E-state index contributed by atoms with van der Waals surface area (Å²) in [7, 11) is 3.35. The normalized spacial score (nSPS) is 17.3. The number of nitrogens with one attached hydrogen (secondary N) is 1. The standard InChI is InChI=1S/C35H42N4O3/c1-38(32(40)14-8-19-35(36)20-9-21-35)31(24-26-15-16-27-12-6-7-13-28(27)22-26)34(42)39(2)30(33(41)37-29-17-18-29)23-25-10-4-3-5-11-25/h3-8,10-16,22,29-31H,9,17-21,23-24,36H2,1-2H3,(H,37,41)/t30-,31-/m1/s1. The molecule has 2 aliphatic carbocycles. The van der Waals surface area contributed by atoms with Gasteiger partial charge >= 0.3 is 0 Å². The average molecular weight is 567 g/mol. The lowest BCUT2D eigenvalue weighted by Gasteiger charge is -2.37. The number of hydrogen-bond donors (Lipinski definition) is 2. The van der Waals surface area contributed by atoms with E-state index in [-0.39, 0.29) is 29.3 Å². The SMILES string of the molecule is CN(C(=O)C=CCC1(N)CCC1)[C@H](Cc1ccc2ccccc2c1)C(=O)N(C)[C@H](Cc1ccccc1)C(=O)NC1CC1. The summed E-state index contributed by atoms with van der Waals surface area (Å²) in [4.78, 5) is 44.2. The number of nitrogens with zero attached hydrogens (tertiary/aromatic N) is 2. The van der Waals surface area contributed by atoms with Gasteiger partial charge < -0.3 is 20.9 Å². The number of likely N-dealkylation sites (N-methyl/N-ethyl adjacent to an activating group) is 2. The third kappa shape index (κ3) is 7.26. The van der Waals surface area contributed by atoms with E-state index in [0.29, 0.717) is 19.3 Å². The molecule has 0 saturated heterocycles. The van der Waals surface area contributed by atoms with Gasteiger partial charge in [-0.1, -0.05) is 78.9 Å². The maximum absolute atomic E-state index is 14.3. The molecular weight excluding hydrogens is 524 g/mol. The van der Waals surface area contributed by atoms with Crippen LogP contribution in [-0.4, -0.2) is 65.3 Å². The van der Waals surface area contributed by atoms with Gasteiger partial charge in [-0.2, -0.15) is 0 Å². The first-order valence-electron chi connectivity index (χ1n) is 15.0. The number of rotatable bonds is 12. The third-order valence-electron chi connectivity index (χ3n) is 8.79. The van der Waals surface area contributed by atoms with E-state index in [1.165, 1.54) is 15.9 Å². The van der Waals surface area contributed by atoms with Gasteiger partial charge in [0.05, 0.1) is 0 Å². The van der Waals surface area contributed by atoms with E-state index in [1.54, 1.807) is 14.1 Å². The van der Waals surface area contributed by atoms with Crippen LogP contribution in [0.4, 0.5) is 0 Å². The molecule has 3 N–H and O–H groups in total. The van der Waals surface area contributed by atoms with Crippen LogP contribution < -0.4 is 11.1 Å². The van der Waals surface area contributed by atoms with Crippen molar-refractivity contribution in [2.45, 2.75) is 75.0 Å². The highest BCUT2D eigenvalue weighted by Crippen LogP contribution is 2.32. The monoisotopic (exact) mass is 566 g/mol. The average Bonchev–Trinajstić information content (AvgIpc) is 3.81. The molecule has 3 aromatic rings. The van der Waals surface area contributed by atoms with Gasteiger partial charge in [0, 0.05) is 38.5 Å². The van der Waals surface area contributed by atoms with E-state index in [4.69, 9.17) is 5.73 Å². The number of hydrogen-bond acceptors (Lipinski definition) is 4. The molecule has 3 amide bonds. The molecule has 5 rings (SSSR count). The second kappa shape index (κ2) is 12.9. The smallest absolute Gasteiger partial charge is 0.246 e. The number of benzene rings is 3. The van der Waals surface area contributed by atoms with Crippen molar-refractivity contribution in [2.24, 2.45) is 5.73 Å². The largest absolute Gasteiger partial charge is 0.352 e. The van der Waals surface area contributed by atoms with Gasteiger partial charge in [0.25, 0.3) is 0 Å². The predicted octanol–water partition coefficient (Wildman–Crippen LogP) is 4.39. The summed E-state index contributed by atoms with van der Waals surface area (Å²) >= 11 is 0. The fourth-order valence-electron chi connectivity index (χ4n) is 5.64. The Bertz CT molecular complexity index is 1440. The number of carbonyl (C=O) groups excluding carboxylic acids is 3. The van der Waals surface area contributed by atoms with Gasteiger partial charge in [-0.25, -0.2) is 0 Å². The summed E-state index contributed by atoms with van der Waals surface area (Å²) in [6.07, 6.45) is 9.67. The maximum Gasteiger partial charge on any atom is 0.246 e. The molecule has 2 atom stereocenters. The number of amides is 3. The second-order valence-corrected chi connectivity index (χ2v) is 12.1. The Morgan fingerprint density at radius 3 is 2.21 bits per heavy atom. The van der Waals surface area contributed by atoms with E-state index < -0.39 is 12.1 Å². The number of fused-ring (bicyclic) bond motifs is 1. The Labute approximate surface area is 248 Å². The first kappa shape index (κ1) is 29.5. The quantitative estimate of drug-likeness (QED) is 0.318. The molecule has 2 aliphatic rings. The van der Waals surface area contributed by atoms with Crippen LogP contribution in [0.1, 0.15) is 49.7 Å². The highest BCUT2D eigenvalue weighted by Gasteiger charge is 2.37. The number of nitrogens with two attached hydrogens (primary N) is 1. The van der Waals surface area contributed by atoms with Gasteiger partial charge in [-0.15, -0.1) is 0 Å². The molecule has 42 heavy (non-hydrogen) atoms. The first-order chi connectivity index (χ1) is 20.2. The van der Waals surface area contributed by atoms with Gasteiger partial charge in [0.1, 0.15) is 12.1 Å². The van der Waals surface area contributed by atoms with E-state index in [2.05, 4.69) is 17.4 Å². The van der Waals surface area contributed by atoms with Crippen molar-refractivity contribution in [1.82, 2.24) is 15.1 Å². The van der Waals surface area contributed by atoms with E-state index in [9.17, 15) is 14.4 Å². The van der Waals surface area contributed by atoms with Crippen LogP contribution >= 0.6 is 0 Å². The van der Waals surface area contributed by atoms with Crippen molar-refractivity contribution >= 4 is 28.5 Å². The molecule has 0 heterocycles. The molecule has 0 unspecified atom stereocenters. The minimum absolute atomic E-state index is 0.163. The van der Waals surface area contributed by atoms with Crippen molar-refractivity contribution < 1.29 is 14.4 Å². The third-order valence-corrected chi connectivity index (χ3v) is 8.79. The van der Waals surface area contributed by atoms with E-state index >= 15 is 0 Å². The van der Waals surface area contributed by atoms with Crippen molar-refractivity contribution in [2.75, 3.05) is 14.1 Å². The van der Waals surface area contributed by atoms with Crippen molar-refractivity contribution in [3.63, 3.8) is 0 Å². The Morgan fingerprint density at radius 2 is 1.55 bits per heavy atom. The van der Waals surface area contributed by atoms with Crippen molar-refractivity contribution in [3.8, 4) is 0 Å². The molecule has 0 aliphatic heterocycles. The highest BCUT2D eigenvalue weighted by molar-refractivity contribution is 5.95. The lowest BCUT2D eigenvalue weighted by molar-refractivity contribution is -0.146. The van der Waals surface area contributed by atoms with Gasteiger partial charge in [0.2, 0.25) is 17.7 Å². The van der Waals surface area contributed by atoms with Crippen LogP contribution in [-0.2, 0) is 27.2 Å². The second-order valence-electron chi connectivity index (χ2n) is 12.1. The van der Waals surface area contributed by atoms with Crippen molar-refractivity contribution in [3.05, 3.63) is 96.1 Å². The molecule has 0 radical (unpaired) electrons. The summed E-state index contributed by atoms with van der Waals surface area (Å²) in [5.74, 6) is -0.689. The van der Waals surface area contributed by atoms with E-state index in [0.717, 1.165) is 54.0 Å². The van der Waals surface area contributed by atoms with Crippen molar-refractivity contribution in [1.29, 1.82) is 0 Å². The molecule has 0 aromatic heterocycles. The molecule has 220 valence electrons. The molecule has 7 nitrogen and oxygen atoms in total. The molecule has 0 bridgehead atoms. The molecular formula is C35H42N4O3. The zero-order valence-electron chi connectivity index (χ0n) is 24.7. The summed E-state index contributed by atoms with van der Waals surface area (Å²) < 4.78 is 0. The van der Waals surface area contributed by atoms with E-state index in [1.807, 2.05) is 66.7 Å². The fourth-order valence-corrected chi connectivity index (χ4v) is 5.64. The fraction of sp³-hybridized carbons (Fsp3) is 0.400. The minimum atomic E-state index is -0.796. The summed E-state index contributed by atoms with van der Waals surface area (Å²) in [5.41, 5.74) is 8.04. The van der Waals surface area contributed by atoms with Crippen LogP contribution in [0.2, 0.25) is 0 Å². The minimum Gasteiger partial charge on any atom is -0.352 e. The Morgan fingerprint density at radius 1 is 0.881 bits per heavy atom. The lowest BCUT2D eigenvalue weighted by atomic mass is 9.75.